The summed E-state index contributed by atoms with van der Waals surface area (Å²) in [6, 6.07) is 9.96. The first-order chi connectivity index (χ1) is 11.0. The van der Waals surface area contributed by atoms with Crippen LogP contribution in [0.4, 0.5) is 0 Å². The van der Waals surface area contributed by atoms with Crippen molar-refractivity contribution in [2.45, 2.75) is 25.8 Å². The second-order valence-electron chi connectivity index (χ2n) is 5.18. The summed E-state index contributed by atoms with van der Waals surface area (Å²) in [5.74, 6) is -0.0559. The predicted octanol–water partition coefficient (Wildman–Crippen LogP) is 1.61. The van der Waals surface area contributed by atoms with Gasteiger partial charge in [0.15, 0.2) is 0 Å². The van der Waals surface area contributed by atoms with Crippen LogP contribution in [0.5, 0.6) is 0 Å². The Hall–Kier alpha value is -2.15. The summed E-state index contributed by atoms with van der Waals surface area (Å²) in [4.78, 5) is 37.1. The molecule has 1 heterocycles. The van der Waals surface area contributed by atoms with Gasteiger partial charge in [-0.25, -0.2) is 4.79 Å². The molecule has 0 aliphatic rings. The normalized spacial score (nSPS) is 11.9. The minimum Gasteiger partial charge on any atom is -0.354 e. The summed E-state index contributed by atoms with van der Waals surface area (Å²) in [6.07, 6.45) is 2.21. The lowest BCUT2D eigenvalue weighted by Gasteiger charge is -2.16. The molecule has 0 aliphatic heterocycles. The molecule has 2 rings (SSSR count). The van der Waals surface area contributed by atoms with Crippen LogP contribution < -0.4 is 16.6 Å². The van der Waals surface area contributed by atoms with Crippen molar-refractivity contribution in [3.05, 3.63) is 67.4 Å². The quantitative estimate of drug-likeness (QED) is 0.799. The zero-order valence-electron chi connectivity index (χ0n) is 12.7. The van der Waals surface area contributed by atoms with E-state index in [2.05, 4.69) is 33.2 Å². The number of nitrogens with one attached hydrogen (secondary N) is 2. The van der Waals surface area contributed by atoms with E-state index in [1.165, 1.54) is 11.8 Å². The van der Waals surface area contributed by atoms with Gasteiger partial charge in [-0.05, 0) is 27.9 Å². The molecule has 0 bridgehead atoms. The van der Waals surface area contributed by atoms with Gasteiger partial charge in [-0.1, -0.05) is 37.3 Å². The number of hydrogen-bond donors (Lipinski definition) is 2. The Kier molecular flexibility index (Phi) is 5.92. The summed E-state index contributed by atoms with van der Waals surface area (Å²) < 4.78 is 1.37. The van der Waals surface area contributed by atoms with Crippen LogP contribution in [0.25, 0.3) is 0 Å². The van der Waals surface area contributed by atoms with Crippen molar-refractivity contribution in [3.8, 4) is 0 Å². The maximum atomic E-state index is 12.0. The van der Waals surface area contributed by atoms with Gasteiger partial charge in [0.2, 0.25) is 5.91 Å². The molecule has 2 aromatic rings. The van der Waals surface area contributed by atoms with Gasteiger partial charge in [0.25, 0.3) is 5.56 Å². The van der Waals surface area contributed by atoms with Crippen LogP contribution in [0.15, 0.2) is 50.6 Å². The van der Waals surface area contributed by atoms with E-state index in [1.807, 2.05) is 30.3 Å². The molecule has 0 unspecified atom stereocenters. The number of rotatable bonds is 6. The Balaban J connectivity index is 1.99. The van der Waals surface area contributed by atoms with Crippen LogP contribution >= 0.6 is 15.9 Å². The zero-order chi connectivity index (χ0) is 16.8. The predicted molar refractivity (Wildman–Crippen MR) is 91.5 cm³/mol. The van der Waals surface area contributed by atoms with Crippen LogP contribution in [0.3, 0.4) is 0 Å². The Morgan fingerprint density at radius 2 is 2.00 bits per heavy atom. The van der Waals surface area contributed by atoms with Crippen LogP contribution in [0.2, 0.25) is 0 Å². The van der Waals surface area contributed by atoms with E-state index >= 15 is 0 Å². The maximum Gasteiger partial charge on any atom is 0.328 e. The lowest BCUT2D eigenvalue weighted by atomic mass is 9.96. The summed E-state index contributed by atoms with van der Waals surface area (Å²) in [5.41, 5.74) is 0.0458. The van der Waals surface area contributed by atoms with E-state index in [1.54, 1.807) is 0 Å². The first kappa shape index (κ1) is 17.2. The Bertz CT molecular complexity index is 783. The summed E-state index contributed by atoms with van der Waals surface area (Å²) in [6.45, 7) is 2.42. The van der Waals surface area contributed by atoms with Crippen molar-refractivity contribution < 1.29 is 4.79 Å². The third kappa shape index (κ3) is 4.66. The Labute approximate surface area is 141 Å². The fourth-order valence-corrected chi connectivity index (χ4v) is 2.62. The third-order valence-electron chi connectivity index (χ3n) is 3.59. The van der Waals surface area contributed by atoms with Gasteiger partial charge >= 0.3 is 5.69 Å². The van der Waals surface area contributed by atoms with E-state index in [0.29, 0.717) is 6.54 Å². The van der Waals surface area contributed by atoms with Crippen LogP contribution in [0.1, 0.15) is 24.8 Å². The van der Waals surface area contributed by atoms with Crippen LogP contribution in [-0.4, -0.2) is 22.0 Å². The molecule has 0 saturated carbocycles. The fourth-order valence-electron chi connectivity index (χ4n) is 2.27. The van der Waals surface area contributed by atoms with Gasteiger partial charge in [0, 0.05) is 18.7 Å². The van der Waals surface area contributed by atoms with Gasteiger partial charge in [0.1, 0.15) is 6.54 Å². The number of aromatic nitrogens is 2. The summed E-state index contributed by atoms with van der Waals surface area (Å²) in [5, 5.41) is 2.84. The van der Waals surface area contributed by atoms with Crippen LogP contribution in [-0.2, 0) is 11.3 Å². The molecule has 2 N–H and O–H groups in total. The molecule has 1 atom stereocenters. The fraction of sp³-hybridized carbons (Fsp3) is 0.312. The monoisotopic (exact) mass is 379 g/mol. The Morgan fingerprint density at radius 3 is 2.65 bits per heavy atom. The molecule has 6 nitrogen and oxygen atoms in total. The number of hydrogen-bond acceptors (Lipinski definition) is 3. The number of H-pyrrole nitrogens is 1. The third-order valence-corrected chi connectivity index (χ3v) is 4.16. The van der Waals surface area contributed by atoms with Crippen molar-refractivity contribution in [1.82, 2.24) is 14.9 Å². The molecule has 1 aromatic heterocycles. The molecule has 122 valence electrons. The number of benzene rings is 1. The first-order valence-electron chi connectivity index (χ1n) is 7.32. The molecule has 23 heavy (non-hydrogen) atoms. The van der Waals surface area contributed by atoms with Crippen LogP contribution in [0, 0.1) is 0 Å². The molecular weight excluding hydrogens is 362 g/mol. The number of carbonyl (C=O) groups excluding carboxylic acids is 1. The highest BCUT2D eigenvalue weighted by Gasteiger charge is 2.12. The SMILES string of the molecule is CC[C@H](CNC(=O)Cn1cc(Br)c(=O)[nH]c1=O)c1ccccc1. The highest BCUT2D eigenvalue weighted by Crippen LogP contribution is 2.17. The molecule has 0 spiro atoms. The van der Waals surface area contributed by atoms with E-state index in [9.17, 15) is 14.4 Å². The van der Waals surface area contributed by atoms with E-state index < -0.39 is 11.2 Å². The smallest absolute Gasteiger partial charge is 0.328 e. The lowest BCUT2D eigenvalue weighted by Crippen LogP contribution is -2.37. The molecule has 0 aliphatic carbocycles. The van der Waals surface area contributed by atoms with Crippen molar-refractivity contribution in [2.75, 3.05) is 6.54 Å². The van der Waals surface area contributed by atoms with E-state index in [4.69, 9.17) is 0 Å². The molecule has 1 amide bonds. The number of carbonyl (C=O) groups is 1. The summed E-state index contributed by atoms with van der Waals surface area (Å²) in [7, 11) is 0. The summed E-state index contributed by atoms with van der Waals surface area (Å²) >= 11 is 3.04. The number of aromatic amines is 1. The molecule has 7 heteroatoms. The van der Waals surface area contributed by atoms with Crippen molar-refractivity contribution in [1.29, 1.82) is 0 Å². The van der Waals surface area contributed by atoms with Gasteiger partial charge in [-0.2, -0.15) is 0 Å². The minimum atomic E-state index is -0.608. The molecule has 0 fully saturated rings. The number of nitrogens with zero attached hydrogens (tertiary/aromatic N) is 1. The standard InChI is InChI=1S/C16H18BrN3O3/c1-2-11(12-6-4-3-5-7-12)8-18-14(21)10-20-9-13(17)15(22)19-16(20)23/h3-7,9,11H,2,8,10H2,1H3,(H,18,21)(H,19,22,23)/t11-/m1/s1. The molecular formula is C16H18BrN3O3. The van der Waals surface area contributed by atoms with Crippen molar-refractivity contribution in [3.63, 3.8) is 0 Å². The maximum absolute atomic E-state index is 12.0. The highest BCUT2D eigenvalue weighted by molar-refractivity contribution is 9.10. The second kappa shape index (κ2) is 7.92. The van der Waals surface area contributed by atoms with Gasteiger partial charge in [-0.15, -0.1) is 0 Å². The largest absolute Gasteiger partial charge is 0.354 e. The number of halogens is 1. The lowest BCUT2D eigenvalue weighted by molar-refractivity contribution is -0.121. The second-order valence-corrected chi connectivity index (χ2v) is 6.04. The van der Waals surface area contributed by atoms with Gasteiger partial charge < -0.3 is 5.32 Å². The highest BCUT2D eigenvalue weighted by atomic mass is 79.9. The minimum absolute atomic E-state index is 0.139. The molecule has 1 aromatic carbocycles. The molecule has 0 saturated heterocycles. The average molecular weight is 380 g/mol. The number of amides is 1. The topological polar surface area (TPSA) is 84.0 Å². The van der Waals surface area contributed by atoms with Crippen molar-refractivity contribution >= 4 is 21.8 Å². The average Bonchev–Trinajstić information content (AvgIpc) is 2.54. The molecule has 0 radical (unpaired) electrons. The van der Waals surface area contributed by atoms with E-state index in [0.717, 1.165) is 11.0 Å². The Morgan fingerprint density at radius 1 is 1.30 bits per heavy atom. The van der Waals surface area contributed by atoms with Crippen molar-refractivity contribution in [2.24, 2.45) is 0 Å². The van der Waals surface area contributed by atoms with Gasteiger partial charge in [-0.3, -0.25) is 19.1 Å². The van der Waals surface area contributed by atoms with Gasteiger partial charge in [0.05, 0.1) is 4.47 Å². The first-order valence-corrected chi connectivity index (χ1v) is 8.11. The van der Waals surface area contributed by atoms with E-state index in [-0.39, 0.29) is 22.8 Å². The zero-order valence-corrected chi connectivity index (χ0v) is 14.3.